The summed E-state index contributed by atoms with van der Waals surface area (Å²) in [5, 5.41) is 5.67. The van der Waals surface area contributed by atoms with Crippen molar-refractivity contribution in [1.29, 1.82) is 0 Å². The van der Waals surface area contributed by atoms with Crippen LogP contribution in [0.25, 0.3) is 0 Å². The monoisotopic (exact) mass is 344 g/mol. The van der Waals surface area contributed by atoms with Crippen LogP contribution >= 0.6 is 0 Å². The number of carbonyl (C=O) groups is 1. The van der Waals surface area contributed by atoms with Gasteiger partial charge in [-0.2, -0.15) is 0 Å². The van der Waals surface area contributed by atoms with Crippen molar-refractivity contribution in [1.82, 2.24) is 10.6 Å². The van der Waals surface area contributed by atoms with Crippen molar-refractivity contribution in [3.8, 4) is 17.2 Å². The summed E-state index contributed by atoms with van der Waals surface area (Å²) < 4.78 is 16.1. The van der Waals surface area contributed by atoms with E-state index in [0.29, 0.717) is 36.8 Å². The van der Waals surface area contributed by atoms with Gasteiger partial charge in [-0.25, -0.2) is 4.79 Å². The summed E-state index contributed by atoms with van der Waals surface area (Å²) in [5.41, 5.74) is 1.99. The first-order chi connectivity index (χ1) is 12.2. The SMILES string of the molecule is COc1ccc(CCNC(=O)NCc2ccccc2)c(OC)c1OC. The molecule has 2 rings (SSSR count). The molecule has 2 aromatic carbocycles. The number of hydrogen-bond acceptors (Lipinski definition) is 4. The van der Waals surface area contributed by atoms with Gasteiger partial charge in [0.2, 0.25) is 5.75 Å². The van der Waals surface area contributed by atoms with Crippen molar-refractivity contribution in [3.05, 3.63) is 53.6 Å². The molecular weight excluding hydrogens is 320 g/mol. The Hall–Kier alpha value is -2.89. The van der Waals surface area contributed by atoms with Crippen molar-refractivity contribution < 1.29 is 19.0 Å². The maximum atomic E-state index is 11.9. The number of ether oxygens (including phenoxy) is 3. The van der Waals surface area contributed by atoms with Gasteiger partial charge in [-0.05, 0) is 18.1 Å². The number of hydrogen-bond donors (Lipinski definition) is 2. The summed E-state index contributed by atoms with van der Waals surface area (Å²) in [6.07, 6.45) is 0.613. The Labute approximate surface area is 148 Å². The highest BCUT2D eigenvalue weighted by Crippen LogP contribution is 2.39. The molecular formula is C19H24N2O4. The van der Waals surface area contributed by atoms with Crippen LogP contribution in [0.2, 0.25) is 0 Å². The van der Waals surface area contributed by atoms with Crippen LogP contribution in [0.5, 0.6) is 17.2 Å². The van der Waals surface area contributed by atoms with E-state index in [-0.39, 0.29) is 6.03 Å². The number of urea groups is 1. The quantitative estimate of drug-likeness (QED) is 0.773. The molecule has 0 spiro atoms. The van der Waals surface area contributed by atoms with Crippen molar-refractivity contribution >= 4 is 6.03 Å². The molecule has 25 heavy (non-hydrogen) atoms. The Morgan fingerprint density at radius 1 is 0.880 bits per heavy atom. The molecule has 6 heteroatoms. The molecule has 0 atom stereocenters. The van der Waals surface area contributed by atoms with E-state index in [1.165, 1.54) is 0 Å². The van der Waals surface area contributed by atoms with Crippen molar-refractivity contribution in [2.75, 3.05) is 27.9 Å². The van der Waals surface area contributed by atoms with Crippen molar-refractivity contribution in [2.24, 2.45) is 0 Å². The third-order valence-electron chi connectivity index (χ3n) is 3.76. The highest BCUT2D eigenvalue weighted by Gasteiger charge is 2.15. The second-order valence-electron chi connectivity index (χ2n) is 5.34. The lowest BCUT2D eigenvalue weighted by Crippen LogP contribution is -2.36. The lowest BCUT2D eigenvalue weighted by atomic mass is 10.1. The van der Waals surface area contributed by atoms with Crippen LogP contribution in [0.4, 0.5) is 4.79 Å². The maximum absolute atomic E-state index is 11.9. The summed E-state index contributed by atoms with van der Waals surface area (Å²) in [4.78, 5) is 11.9. The first-order valence-corrected chi connectivity index (χ1v) is 8.03. The average Bonchev–Trinajstić information content (AvgIpc) is 2.66. The molecule has 0 saturated heterocycles. The third-order valence-corrected chi connectivity index (χ3v) is 3.76. The molecule has 2 aromatic rings. The second-order valence-corrected chi connectivity index (χ2v) is 5.34. The van der Waals surface area contributed by atoms with Gasteiger partial charge in [0.25, 0.3) is 0 Å². The minimum absolute atomic E-state index is 0.205. The van der Waals surface area contributed by atoms with E-state index < -0.39 is 0 Å². The minimum Gasteiger partial charge on any atom is -0.493 e. The zero-order valence-corrected chi connectivity index (χ0v) is 14.8. The molecule has 2 N–H and O–H groups in total. The Kier molecular flexibility index (Phi) is 6.95. The third kappa shape index (κ3) is 5.04. The van der Waals surface area contributed by atoms with Gasteiger partial charge in [0.1, 0.15) is 0 Å². The van der Waals surface area contributed by atoms with Gasteiger partial charge >= 0.3 is 6.03 Å². The Balaban J connectivity index is 1.87. The van der Waals surface area contributed by atoms with E-state index in [0.717, 1.165) is 11.1 Å². The lowest BCUT2D eigenvalue weighted by Gasteiger charge is -2.16. The van der Waals surface area contributed by atoms with E-state index in [1.54, 1.807) is 21.3 Å². The first-order valence-electron chi connectivity index (χ1n) is 8.03. The fourth-order valence-corrected chi connectivity index (χ4v) is 2.51. The van der Waals surface area contributed by atoms with Gasteiger partial charge in [0, 0.05) is 18.7 Å². The van der Waals surface area contributed by atoms with Crippen LogP contribution in [0.3, 0.4) is 0 Å². The van der Waals surface area contributed by atoms with Gasteiger partial charge in [-0.15, -0.1) is 0 Å². The molecule has 0 heterocycles. The maximum Gasteiger partial charge on any atom is 0.315 e. The summed E-state index contributed by atoms with van der Waals surface area (Å²) in [7, 11) is 4.73. The van der Waals surface area contributed by atoms with Gasteiger partial charge in [0.15, 0.2) is 11.5 Å². The van der Waals surface area contributed by atoms with Crippen LogP contribution in [0.1, 0.15) is 11.1 Å². The molecule has 0 bridgehead atoms. The first kappa shape index (κ1) is 18.4. The predicted octanol–water partition coefficient (Wildman–Crippen LogP) is 2.75. The summed E-state index contributed by atoms with van der Waals surface area (Å²) in [6, 6.07) is 13.3. The standard InChI is InChI=1S/C19H24N2O4/c1-23-16-10-9-15(17(24-2)18(16)25-3)11-12-20-19(22)21-13-14-7-5-4-6-8-14/h4-10H,11-13H2,1-3H3,(H2,20,21,22). The summed E-state index contributed by atoms with van der Waals surface area (Å²) >= 11 is 0. The minimum atomic E-state index is -0.205. The van der Waals surface area contributed by atoms with E-state index in [1.807, 2.05) is 42.5 Å². The molecule has 0 aliphatic carbocycles. The van der Waals surface area contributed by atoms with E-state index in [9.17, 15) is 4.79 Å². The van der Waals surface area contributed by atoms with Gasteiger partial charge in [0.05, 0.1) is 21.3 Å². The van der Waals surface area contributed by atoms with Crippen LogP contribution in [-0.4, -0.2) is 33.9 Å². The number of nitrogens with one attached hydrogen (secondary N) is 2. The van der Waals surface area contributed by atoms with Gasteiger partial charge in [-0.3, -0.25) is 0 Å². The van der Waals surface area contributed by atoms with E-state index >= 15 is 0 Å². The topological polar surface area (TPSA) is 68.8 Å². The van der Waals surface area contributed by atoms with Crippen LogP contribution in [0, 0.1) is 0 Å². The summed E-state index contributed by atoms with van der Waals surface area (Å²) in [5.74, 6) is 1.78. The Morgan fingerprint density at radius 3 is 2.24 bits per heavy atom. The van der Waals surface area contributed by atoms with Crippen molar-refractivity contribution in [3.63, 3.8) is 0 Å². The molecule has 0 aliphatic rings. The molecule has 0 radical (unpaired) electrons. The number of benzene rings is 2. The van der Waals surface area contributed by atoms with Gasteiger partial charge in [-0.1, -0.05) is 36.4 Å². The smallest absolute Gasteiger partial charge is 0.315 e. The normalized spacial score (nSPS) is 10.0. The fraction of sp³-hybridized carbons (Fsp3) is 0.316. The molecule has 6 nitrogen and oxygen atoms in total. The lowest BCUT2D eigenvalue weighted by molar-refractivity contribution is 0.240. The zero-order chi connectivity index (χ0) is 18.1. The molecule has 0 fully saturated rings. The van der Waals surface area contributed by atoms with Crippen LogP contribution < -0.4 is 24.8 Å². The van der Waals surface area contributed by atoms with Crippen LogP contribution in [0.15, 0.2) is 42.5 Å². The largest absolute Gasteiger partial charge is 0.493 e. The van der Waals surface area contributed by atoms with Crippen LogP contribution in [-0.2, 0) is 13.0 Å². The number of carbonyl (C=O) groups excluding carboxylic acids is 1. The molecule has 2 amide bonds. The fourth-order valence-electron chi connectivity index (χ4n) is 2.51. The predicted molar refractivity (Wildman–Crippen MR) is 96.5 cm³/mol. The number of methoxy groups -OCH3 is 3. The Bertz CT molecular complexity index is 689. The van der Waals surface area contributed by atoms with Crippen molar-refractivity contribution in [2.45, 2.75) is 13.0 Å². The highest BCUT2D eigenvalue weighted by atomic mass is 16.5. The van der Waals surface area contributed by atoms with E-state index in [2.05, 4.69) is 10.6 Å². The molecule has 134 valence electrons. The highest BCUT2D eigenvalue weighted by molar-refractivity contribution is 5.73. The van der Waals surface area contributed by atoms with Gasteiger partial charge < -0.3 is 24.8 Å². The molecule has 0 saturated carbocycles. The zero-order valence-electron chi connectivity index (χ0n) is 14.8. The average molecular weight is 344 g/mol. The number of amides is 2. The molecule has 0 aliphatic heterocycles. The van der Waals surface area contributed by atoms with E-state index in [4.69, 9.17) is 14.2 Å². The molecule has 0 aromatic heterocycles. The number of rotatable bonds is 8. The molecule has 0 unspecified atom stereocenters. The second kappa shape index (κ2) is 9.42. The summed E-state index contributed by atoms with van der Waals surface area (Å²) in [6.45, 7) is 0.971. The Morgan fingerprint density at radius 2 is 1.60 bits per heavy atom.